The minimum absolute atomic E-state index is 0.0942. The molecule has 1 saturated carbocycles. The lowest BCUT2D eigenvalue weighted by Crippen LogP contribution is -2.41. The van der Waals surface area contributed by atoms with Gasteiger partial charge in [-0.3, -0.25) is 0 Å². The van der Waals surface area contributed by atoms with Gasteiger partial charge >= 0.3 is 7.12 Å². The van der Waals surface area contributed by atoms with Gasteiger partial charge in [-0.2, -0.15) is 0 Å². The molecule has 1 atom stereocenters. The molecule has 1 aliphatic heterocycles. The summed E-state index contributed by atoms with van der Waals surface area (Å²) in [5, 5.41) is 0. The SMILES string of the molecule is CC1(C)OB(C(/C=C(/I)CI)CC2CCCC2)OC1(C)C. The quantitative estimate of drug-likeness (QED) is 0.262. The number of hydrogen-bond acceptors (Lipinski definition) is 2. The third kappa shape index (κ3) is 4.60. The second-order valence-electron chi connectivity index (χ2n) is 7.42. The van der Waals surface area contributed by atoms with Gasteiger partial charge in [-0.05, 0) is 66.2 Å². The third-order valence-electron chi connectivity index (χ3n) is 5.22. The van der Waals surface area contributed by atoms with E-state index >= 15 is 0 Å². The highest BCUT2D eigenvalue weighted by atomic mass is 127. The maximum Gasteiger partial charge on any atom is 0.465 e. The van der Waals surface area contributed by atoms with E-state index in [0.29, 0.717) is 5.82 Å². The molecule has 0 bridgehead atoms. The van der Waals surface area contributed by atoms with E-state index in [2.05, 4.69) is 79.0 Å². The van der Waals surface area contributed by atoms with E-state index in [1.165, 1.54) is 35.7 Å². The molecule has 1 unspecified atom stereocenters. The van der Waals surface area contributed by atoms with Crippen molar-refractivity contribution in [2.75, 3.05) is 4.43 Å². The zero-order chi connectivity index (χ0) is 15.7. The minimum Gasteiger partial charge on any atom is -0.403 e. The van der Waals surface area contributed by atoms with Crippen molar-refractivity contribution in [3.8, 4) is 0 Å². The van der Waals surface area contributed by atoms with Crippen LogP contribution >= 0.6 is 45.2 Å². The molecule has 0 radical (unpaired) electrons. The molecule has 2 rings (SSSR count). The van der Waals surface area contributed by atoms with Crippen LogP contribution in [0.3, 0.4) is 0 Å². The summed E-state index contributed by atoms with van der Waals surface area (Å²) in [6, 6.07) is 0. The maximum atomic E-state index is 6.31. The van der Waals surface area contributed by atoms with Gasteiger partial charge < -0.3 is 9.31 Å². The van der Waals surface area contributed by atoms with Crippen molar-refractivity contribution in [1.82, 2.24) is 0 Å². The molecular formula is C16H27BI2O2. The summed E-state index contributed by atoms with van der Waals surface area (Å²) in [6.45, 7) is 8.58. The molecule has 1 aliphatic carbocycles. The van der Waals surface area contributed by atoms with E-state index in [0.717, 1.165) is 10.3 Å². The average Bonchev–Trinajstić information content (AvgIpc) is 2.95. The Hall–Kier alpha value is 1.18. The lowest BCUT2D eigenvalue weighted by Gasteiger charge is -2.32. The summed E-state index contributed by atoms with van der Waals surface area (Å²) in [4.78, 5) is 0. The lowest BCUT2D eigenvalue weighted by molar-refractivity contribution is 0.00578. The van der Waals surface area contributed by atoms with Crippen LogP contribution in [0.15, 0.2) is 9.66 Å². The summed E-state index contributed by atoms with van der Waals surface area (Å²) in [5.74, 6) is 1.24. The van der Waals surface area contributed by atoms with Crippen molar-refractivity contribution in [2.24, 2.45) is 5.92 Å². The van der Waals surface area contributed by atoms with E-state index in [1.54, 1.807) is 0 Å². The molecule has 1 heterocycles. The van der Waals surface area contributed by atoms with Crippen LogP contribution in [0.1, 0.15) is 59.8 Å². The van der Waals surface area contributed by atoms with Gasteiger partial charge in [-0.1, -0.05) is 54.4 Å². The molecular weight excluding hydrogens is 489 g/mol. The van der Waals surface area contributed by atoms with Crippen LogP contribution in [0.2, 0.25) is 5.82 Å². The van der Waals surface area contributed by atoms with Crippen molar-refractivity contribution in [1.29, 1.82) is 0 Å². The molecule has 0 spiro atoms. The van der Waals surface area contributed by atoms with Crippen LogP contribution in [0, 0.1) is 5.92 Å². The Balaban J connectivity index is 2.12. The monoisotopic (exact) mass is 516 g/mol. The van der Waals surface area contributed by atoms with Gasteiger partial charge in [0.1, 0.15) is 0 Å². The molecule has 0 aromatic carbocycles. The normalized spacial score (nSPS) is 27.3. The summed E-state index contributed by atoms with van der Waals surface area (Å²) < 4.78 is 15.1. The van der Waals surface area contributed by atoms with E-state index in [-0.39, 0.29) is 18.3 Å². The Morgan fingerprint density at radius 2 is 1.71 bits per heavy atom. The largest absolute Gasteiger partial charge is 0.465 e. The van der Waals surface area contributed by atoms with Crippen LogP contribution in [0.25, 0.3) is 0 Å². The molecule has 0 N–H and O–H groups in total. The summed E-state index contributed by atoms with van der Waals surface area (Å²) in [5.41, 5.74) is -0.454. The Labute approximate surface area is 157 Å². The summed E-state index contributed by atoms with van der Waals surface area (Å²) in [6.07, 6.45) is 9.16. The van der Waals surface area contributed by atoms with Gasteiger partial charge in [0, 0.05) is 10.2 Å². The molecule has 5 heteroatoms. The lowest BCUT2D eigenvalue weighted by atomic mass is 9.67. The van der Waals surface area contributed by atoms with Gasteiger partial charge in [0.25, 0.3) is 0 Å². The first kappa shape index (κ1) is 18.5. The first-order chi connectivity index (χ1) is 9.75. The van der Waals surface area contributed by atoms with Crippen LogP contribution < -0.4 is 0 Å². The zero-order valence-electron chi connectivity index (χ0n) is 13.6. The first-order valence-electron chi connectivity index (χ1n) is 8.03. The van der Waals surface area contributed by atoms with E-state index in [9.17, 15) is 0 Å². The smallest absolute Gasteiger partial charge is 0.403 e. The number of halogens is 2. The number of allylic oxidation sites excluding steroid dienone is 2. The van der Waals surface area contributed by atoms with Crippen LogP contribution in [-0.4, -0.2) is 22.7 Å². The average molecular weight is 516 g/mol. The fourth-order valence-electron chi connectivity index (χ4n) is 3.23. The van der Waals surface area contributed by atoms with Gasteiger partial charge in [-0.15, -0.1) is 0 Å². The number of rotatable bonds is 5. The highest BCUT2D eigenvalue weighted by Gasteiger charge is 2.53. The highest BCUT2D eigenvalue weighted by molar-refractivity contribution is 14.1. The summed E-state index contributed by atoms with van der Waals surface area (Å²) in [7, 11) is -0.0942. The first-order valence-corrected chi connectivity index (χ1v) is 10.6. The van der Waals surface area contributed by atoms with Crippen molar-refractivity contribution >= 4 is 52.3 Å². The Bertz CT molecular complexity index is 374. The van der Waals surface area contributed by atoms with Crippen LogP contribution in [-0.2, 0) is 9.31 Å². The molecule has 2 aliphatic rings. The number of alkyl halides is 1. The van der Waals surface area contributed by atoms with E-state index in [1.807, 2.05) is 0 Å². The van der Waals surface area contributed by atoms with Crippen LogP contribution in [0.4, 0.5) is 0 Å². The van der Waals surface area contributed by atoms with Gasteiger partial charge in [0.05, 0.1) is 11.2 Å². The standard InChI is InChI=1S/C16H27BI2O2/c1-15(2)16(3,4)21-17(20-15)13(10-14(19)11-18)9-12-7-5-6-8-12/h10,12-13H,5-9,11H2,1-4H3/b14-10+. The molecule has 120 valence electrons. The summed E-state index contributed by atoms with van der Waals surface area (Å²) >= 11 is 4.88. The second-order valence-corrected chi connectivity index (χ2v) is 9.57. The Morgan fingerprint density at radius 3 is 2.19 bits per heavy atom. The van der Waals surface area contributed by atoms with Crippen molar-refractivity contribution < 1.29 is 9.31 Å². The molecule has 21 heavy (non-hydrogen) atoms. The second kappa shape index (κ2) is 7.39. The topological polar surface area (TPSA) is 18.5 Å². The van der Waals surface area contributed by atoms with Gasteiger partial charge in [0.2, 0.25) is 0 Å². The van der Waals surface area contributed by atoms with Crippen molar-refractivity contribution in [2.45, 2.75) is 76.8 Å². The Kier molecular flexibility index (Phi) is 6.51. The minimum atomic E-state index is -0.227. The molecule has 0 amide bonds. The van der Waals surface area contributed by atoms with Crippen molar-refractivity contribution in [3.05, 3.63) is 9.66 Å². The third-order valence-corrected chi connectivity index (χ3v) is 8.25. The van der Waals surface area contributed by atoms with Crippen molar-refractivity contribution in [3.63, 3.8) is 0 Å². The predicted molar refractivity (Wildman–Crippen MR) is 107 cm³/mol. The molecule has 2 fully saturated rings. The van der Waals surface area contributed by atoms with Crippen LogP contribution in [0.5, 0.6) is 0 Å². The zero-order valence-corrected chi connectivity index (χ0v) is 17.9. The van der Waals surface area contributed by atoms with E-state index < -0.39 is 0 Å². The number of hydrogen-bond donors (Lipinski definition) is 0. The molecule has 2 nitrogen and oxygen atoms in total. The fourth-order valence-corrected chi connectivity index (χ4v) is 3.95. The van der Waals surface area contributed by atoms with E-state index in [4.69, 9.17) is 9.31 Å². The fraction of sp³-hybridized carbons (Fsp3) is 0.875. The Morgan fingerprint density at radius 1 is 1.19 bits per heavy atom. The molecule has 0 aromatic heterocycles. The highest BCUT2D eigenvalue weighted by Crippen LogP contribution is 2.44. The van der Waals surface area contributed by atoms with Gasteiger partial charge in [-0.25, -0.2) is 0 Å². The molecule has 0 aromatic rings. The predicted octanol–water partition coefficient (Wildman–Crippen LogP) is 5.78. The maximum absolute atomic E-state index is 6.31. The molecule has 1 saturated heterocycles. The van der Waals surface area contributed by atoms with Gasteiger partial charge in [0.15, 0.2) is 0 Å².